The zero-order valence-electron chi connectivity index (χ0n) is 87.3. The first-order valence-electron chi connectivity index (χ1n) is 51.5. The van der Waals surface area contributed by atoms with E-state index in [0.717, 1.165) is 12.8 Å². The van der Waals surface area contributed by atoms with Crippen molar-refractivity contribution in [2.75, 3.05) is 26.3 Å². The van der Waals surface area contributed by atoms with Gasteiger partial charge in [0.25, 0.3) is 0 Å². The van der Waals surface area contributed by atoms with Gasteiger partial charge in [-0.25, -0.2) is 4.68 Å². The lowest BCUT2D eigenvalue weighted by Crippen LogP contribution is -2.61. The number of ether oxygens (including phenoxy) is 3. The Hall–Kier alpha value is -15.0. The molecule has 8 rings (SSSR count). The Kier molecular flexibility index (Phi) is 51.9. The number of aromatic nitrogens is 3. The molecule has 13 amide bonds. The number of carbonyl (C=O) groups is 15. The van der Waals surface area contributed by atoms with Crippen LogP contribution in [0.5, 0.6) is 0 Å². The first-order chi connectivity index (χ1) is 71.6. The second-order valence-corrected chi connectivity index (χ2v) is 39.5. The Morgan fingerprint density at radius 1 is 0.329 bits per heavy atom. The molecule has 8 aromatic rings. The summed E-state index contributed by atoms with van der Waals surface area (Å²) in [7, 11) is 0. The molecule has 1 heterocycles. The molecule has 0 bridgehead atoms. The fourth-order valence-electron chi connectivity index (χ4n) is 16.5. The molecule has 0 aliphatic heterocycles. The molecule has 0 aliphatic rings. The number of rotatable bonds is 66. The topological polar surface area (TPSA) is 520 Å². The molecule has 0 aliphatic carbocycles. The number of hydrogen-bond donors (Lipinski definition) is 13. The summed E-state index contributed by atoms with van der Waals surface area (Å²) >= 11 is 0. The highest BCUT2D eigenvalue weighted by molar-refractivity contribution is 6.01. The predicted octanol–water partition coefficient (Wildman–Crippen LogP) is 9.76. The molecule has 13 N–H and O–H groups in total. The Balaban J connectivity index is 1.00. The van der Waals surface area contributed by atoms with Crippen molar-refractivity contribution in [3.8, 4) is 0 Å². The normalized spacial score (nSPS) is 13.6. The van der Waals surface area contributed by atoms with Crippen LogP contribution in [-0.4, -0.2) is 203 Å². The van der Waals surface area contributed by atoms with Crippen LogP contribution in [0.1, 0.15) is 198 Å². The molecule has 0 saturated carbocycles. The van der Waals surface area contributed by atoms with E-state index in [9.17, 15) is 33.6 Å². The molecule has 0 spiro atoms. The second-order valence-electron chi connectivity index (χ2n) is 39.5. The fourth-order valence-corrected chi connectivity index (χ4v) is 16.5. The zero-order valence-corrected chi connectivity index (χ0v) is 87.3. The quantitative estimate of drug-likeness (QED) is 0.00554. The molecule has 37 heteroatoms. The minimum Gasteiger partial charge on any atom is -0.461 e. The third-order valence-corrected chi connectivity index (χ3v) is 24.2. The van der Waals surface area contributed by atoms with Gasteiger partial charge < -0.3 is 83.3 Å². The summed E-state index contributed by atoms with van der Waals surface area (Å²) in [4.78, 5) is 225. The molecule has 800 valence electrons. The maximum absolute atomic E-state index is 15.6. The van der Waals surface area contributed by atoms with Gasteiger partial charge >= 0.3 is 11.9 Å². The standard InChI is InChI=1S/C112H149N19O18/c1-12-13-35-53-114-101(135)96(68-99(133)148-71-83-47-31-19-32-48-83)126-112(146)97(69-100(134)149-72-84-49-33-20-34-50-84)127-106(140)90(62-77(10)11)120-104(138)88(60-75(6)7)118-102(136)86(58-73(2)3)117-103(137)87(59-74(4)5)119-105(139)89(61-76(8)9)121-108(142)92(64-79-39-23-15-24-40-79)123-110(144)94(66-81-43-27-17-28-44-81)125-111(145)95(67-82-45-29-18-30-46-82)124-109(143)93(65-80-41-25-16-26-42-80)122-107(141)91(63-78-37-21-14-22-38-78)116-98(132)52-36-51-85-70-131(130-128-85)55-57-147-56-54-115-129-113/h14-34,37-50,70,73-77,86-97H,12-13,35-36,51-69,71-72H2,1-11H3,(H,114,135)(H,116,132)(H,117,137)(H,118,136)(H,119,139)(H,120,138)(H,121,142)(H,122,141)(H,123,144)(H,124,143)(H,125,145)(H,126,146)(H,127,140)/t86-,87-,88-,89-,90-,91+,92+,93+,94+,95+,96-,97+/m0/s1. The Bertz CT molecular complexity index is 5590. The number of hydrogen-bond acceptors (Lipinski definition) is 21. The highest BCUT2D eigenvalue weighted by atomic mass is 16.5. The highest BCUT2D eigenvalue weighted by Crippen LogP contribution is 2.21. The van der Waals surface area contributed by atoms with Crippen LogP contribution in [0.25, 0.3) is 10.4 Å². The monoisotopic (exact) mass is 2050 g/mol. The minimum absolute atomic E-state index is 0.00375. The van der Waals surface area contributed by atoms with E-state index in [4.69, 9.17) is 19.7 Å². The van der Waals surface area contributed by atoms with E-state index in [1.54, 1.807) is 219 Å². The van der Waals surface area contributed by atoms with Gasteiger partial charge in [-0.3, -0.25) is 71.9 Å². The fraction of sp³-hybridized carbons (Fsp3) is 0.473. The molecule has 0 unspecified atom stereocenters. The summed E-state index contributed by atoms with van der Waals surface area (Å²) in [6.45, 7) is 21.1. The number of nitrogens with one attached hydrogen (secondary N) is 13. The van der Waals surface area contributed by atoms with Crippen LogP contribution >= 0.6 is 0 Å². The molecular weight excluding hydrogens is 1900 g/mol. The number of benzene rings is 7. The van der Waals surface area contributed by atoms with Gasteiger partial charge in [0.1, 0.15) is 85.7 Å². The summed E-state index contributed by atoms with van der Waals surface area (Å²) < 4.78 is 18.2. The maximum atomic E-state index is 15.6. The molecule has 149 heavy (non-hydrogen) atoms. The molecule has 37 nitrogen and oxygen atoms in total. The first-order valence-corrected chi connectivity index (χ1v) is 51.5. The van der Waals surface area contributed by atoms with Gasteiger partial charge in [-0.1, -0.05) is 312 Å². The summed E-state index contributed by atoms with van der Waals surface area (Å²) in [5, 5.41) is 48.7. The van der Waals surface area contributed by atoms with Gasteiger partial charge in [0.05, 0.1) is 38.3 Å². The average Bonchev–Trinajstić information content (AvgIpc) is 1.68. The van der Waals surface area contributed by atoms with Crippen LogP contribution in [-0.2, 0) is 144 Å². The van der Waals surface area contributed by atoms with Crippen molar-refractivity contribution >= 4 is 88.7 Å². The van der Waals surface area contributed by atoms with Gasteiger partial charge in [0.15, 0.2) is 0 Å². The highest BCUT2D eigenvalue weighted by Gasteiger charge is 2.40. The summed E-state index contributed by atoms with van der Waals surface area (Å²) in [6, 6.07) is 44.7. The van der Waals surface area contributed by atoms with E-state index in [0.29, 0.717) is 77.1 Å². The largest absolute Gasteiger partial charge is 0.461 e. The van der Waals surface area contributed by atoms with Gasteiger partial charge in [0.2, 0.25) is 76.8 Å². The average molecular weight is 2050 g/mol. The number of amides is 13. The first kappa shape index (κ1) is 119. The van der Waals surface area contributed by atoms with Crippen LogP contribution in [0, 0.1) is 29.6 Å². The van der Waals surface area contributed by atoms with Gasteiger partial charge in [-0.05, 0) is 125 Å². The minimum atomic E-state index is -1.76. The zero-order chi connectivity index (χ0) is 108. The Morgan fingerprint density at radius 3 is 0.893 bits per heavy atom. The van der Waals surface area contributed by atoms with E-state index in [1.165, 1.54) is 0 Å². The summed E-state index contributed by atoms with van der Waals surface area (Å²) in [5.74, 6) is -13.5. The Morgan fingerprint density at radius 2 is 0.597 bits per heavy atom. The number of unbranched alkanes of at least 4 members (excludes halogenated alkanes) is 2. The molecule has 0 saturated heterocycles. The number of azide groups is 1. The van der Waals surface area contributed by atoms with Crippen molar-refractivity contribution in [1.82, 2.24) is 84.1 Å². The van der Waals surface area contributed by atoms with Crippen LogP contribution in [0.2, 0.25) is 0 Å². The molecule has 12 atom stereocenters. The second kappa shape index (κ2) is 64.9. The van der Waals surface area contributed by atoms with Crippen molar-refractivity contribution in [1.29, 1.82) is 0 Å². The summed E-state index contributed by atoms with van der Waals surface area (Å²) in [6.07, 6.45) is 2.79. The molecule has 0 radical (unpaired) electrons. The predicted molar refractivity (Wildman–Crippen MR) is 563 cm³/mol. The Labute approximate surface area is 872 Å². The van der Waals surface area contributed by atoms with Crippen molar-refractivity contribution < 1.29 is 86.1 Å². The van der Waals surface area contributed by atoms with Gasteiger partial charge in [-0.15, -0.1) is 5.10 Å². The lowest BCUT2D eigenvalue weighted by atomic mass is 9.97. The van der Waals surface area contributed by atoms with Gasteiger partial charge in [-0.2, -0.15) is 0 Å². The molecule has 0 fully saturated rings. The van der Waals surface area contributed by atoms with E-state index in [1.807, 2.05) is 80.5 Å². The molecule has 7 aromatic carbocycles. The third kappa shape index (κ3) is 45.5. The van der Waals surface area contributed by atoms with E-state index in [2.05, 4.69) is 89.5 Å². The van der Waals surface area contributed by atoms with Crippen LogP contribution in [0.3, 0.4) is 0 Å². The van der Waals surface area contributed by atoms with E-state index >= 15 is 38.4 Å². The summed E-state index contributed by atoms with van der Waals surface area (Å²) in [5.41, 5.74) is 13.6. The lowest BCUT2D eigenvalue weighted by molar-refractivity contribution is -0.149. The smallest absolute Gasteiger partial charge is 0.308 e. The van der Waals surface area contributed by atoms with Crippen LogP contribution < -0.4 is 69.1 Å². The number of carbonyl (C=O) groups excluding carboxylic acids is 15. The number of aryl methyl sites for hydroxylation is 1. The van der Waals surface area contributed by atoms with Crippen LogP contribution in [0.4, 0.5) is 0 Å². The van der Waals surface area contributed by atoms with Crippen molar-refractivity contribution in [3.63, 3.8) is 0 Å². The van der Waals surface area contributed by atoms with Gasteiger partial charge in [0, 0.05) is 62.7 Å². The lowest BCUT2D eigenvalue weighted by Gasteiger charge is -2.30. The molecule has 1 aromatic heterocycles. The third-order valence-electron chi connectivity index (χ3n) is 24.2. The van der Waals surface area contributed by atoms with E-state index < -0.39 is 174 Å². The van der Waals surface area contributed by atoms with E-state index in [-0.39, 0.29) is 133 Å². The molecular formula is C112H149N19O18. The van der Waals surface area contributed by atoms with Crippen LogP contribution in [0.15, 0.2) is 224 Å². The van der Waals surface area contributed by atoms with Crippen molar-refractivity contribution in [3.05, 3.63) is 274 Å². The van der Waals surface area contributed by atoms with Crippen molar-refractivity contribution in [2.45, 2.75) is 284 Å². The maximum Gasteiger partial charge on any atom is 0.308 e. The van der Waals surface area contributed by atoms with Crippen molar-refractivity contribution in [2.24, 2.45) is 34.7 Å². The SMILES string of the molecule is CCCCCNC(=O)[C@H](CC(=O)OCc1ccccc1)NC(=O)[C@@H](CC(=O)OCc1ccccc1)NC(=O)[C@H](CC(C)C)NC(=O)[C@H](CC(C)C)NC(=O)[C@H](CC(C)C)NC(=O)[C@H](CC(C)C)NC(=O)[C@H](CC(C)C)NC(=O)[C@@H](Cc1ccccc1)NC(=O)[C@@H](Cc1ccccc1)NC(=O)[C@@H](Cc1ccccc1)NC(=O)[C@@H](Cc1ccccc1)NC(=O)[C@@H](Cc1ccccc1)NC(=O)CCCc1cn(CCOCCN=[N+]=[N-])nn1. The number of nitrogens with zero attached hydrogens (tertiary/aromatic N) is 6. The number of esters is 2.